The minimum atomic E-state index is -0.108. The first-order chi connectivity index (χ1) is 15.2. The third-order valence-electron chi connectivity index (χ3n) is 6.03. The van der Waals surface area contributed by atoms with Crippen LogP contribution in [0.3, 0.4) is 0 Å². The van der Waals surface area contributed by atoms with Crippen LogP contribution in [0.5, 0.6) is 0 Å². The van der Waals surface area contributed by atoms with E-state index >= 15 is 0 Å². The Morgan fingerprint density at radius 1 is 1.10 bits per heavy atom. The van der Waals surface area contributed by atoms with Crippen molar-refractivity contribution in [2.45, 2.75) is 32.4 Å². The molecule has 2 aliphatic rings. The van der Waals surface area contributed by atoms with Crippen LogP contribution in [0.2, 0.25) is 0 Å². The molecular formula is C22H26N4O3S2. The number of carbonyl (C=O) groups is 1. The summed E-state index contributed by atoms with van der Waals surface area (Å²) in [5.74, 6) is 0.653. The van der Waals surface area contributed by atoms with Gasteiger partial charge in [0, 0.05) is 28.9 Å². The maximum absolute atomic E-state index is 13.7. The molecule has 0 aromatic carbocycles. The lowest BCUT2D eigenvalue weighted by molar-refractivity contribution is -0.136. The predicted molar refractivity (Wildman–Crippen MR) is 124 cm³/mol. The molecule has 0 radical (unpaired) electrons. The van der Waals surface area contributed by atoms with Crippen molar-refractivity contribution in [2.75, 3.05) is 39.4 Å². The van der Waals surface area contributed by atoms with Crippen LogP contribution < -0.4 is 5.56 Å². The Balaban J connectivity index is 1.55. The molecule has 0 unspecified atom stereocenters. The molecule has 2 fully saturated rings. The standard InChI is InChI=1S/C22H26N4O3S2/c27-19(25-8-10-29-11-9-25)14-26-18(13-24-6-2-1-3-7-24)23-21-20(22(26)28)16(15-31-21)17-5-4-12-30-17/h4-5,12,15H,1-3,6-11,13-14H2. The second-order valence-corrected chi connectivity index (χ2v) is 9.86. The van der Waals surface area contributed by atoms with Crippen LogP contribution in [0.25, 0.3) is 20.7 Å². The zero-order valence-electron chi connectivity index (χ0n) is 17.4. The molecule has 7 nitrogen and oxygen atoms in total. The molecule has 0 spiro atoms. The maximum atomic E-state index is 13.7. The summed E-state index contributed by atoms with van der Waals surface area (Å²) < 4.78 is 7.00. The number of hydrogen-bond acceptors (Lipinski definition) is 7. The van der Waals surface area contributed by atoms with E-state index in [1.807, 2.05) is 22.9 Å². The number of aromatic nitrogens is 2. The summed E-state index contributed by atoms with van der Waals surface area (Å²) in [6, 6.07) is 4.01. The first kappa shape index (κ1) is 20.8. The Kier molecular flexibility index (Phi) is 6.17. The van der Waals surface area contributed by atoms with E-state index in [4.69, 9.17) is 9.72 Å². The van der Waals surface area contributed by atoms with Crippen LogP contribution >= 0.6 is 22.7 Å². The molecule has 2 saturated heterocycles. The van der Waals surface area contributed by atoms with Crippen molar-refractivity contribution in [2.24, 2.45) is 0 Å². The van der Waals surface area contributed by atoms with Crippen LogP contribution in [-0.4, -0.2) is 64.7 Å². The number of carbonyl (C=O) groups excluding carboxylic acids is 1. The van der Waals surface area contributed by atoms with Crippen molar-refractivity contribution in [1.29, 1.82) is 0 Å². The maximum Gasteiger partial charge on any atom is 0.263 e. The van der Waals surface area contributed by atoms with E-state index < -0.39 is 0 Å². The third kappa shape index (κ3) is 4.32. The molecule has 164 valence electrons. The summed E-state index contributed by atoms with van der Waals surface area (Å²) in [5.41, 5.74) is 0.813. The number of ether oxygens (including phenoxy) is 1. The topological polar surface area (TPSA) is 67.7 Å². The minimum absolute atomic E-state index is 0.0324. The number of morpholine rings is 1. The molecule has 5 rings (SSSR count). The number of nitrogens with zero attached hydrogens (tertiary/aromatic N) is 4. The number of thiophene rings is 2. The van der Waals surface area contributed by atoms with Gasteiger partial charge in [0.25, 0.3) is 5.56 Å². The Bertz CT molecular complexity index is 1110. The van der Waals surface area contributed by atoms with Crippen LogP contribution in [-0.2, 0) is 22.6 Å². The average molecular weight is 459 g/mol. The summed E-state index contributed by atoms with van der Waals surface area (Å²) in [7, 11) is 0. The number of amides is 1. The molecule has 0 N–H and O–H groups in total. The molecule has 5 heterocycles. The average Bonchev–Trinajstić information content (AvgIpc) is 3.47. The van der Waals surface area contributed by atoms with Gasteiger partial charge in [0.2, 0.25) is 5.91 Å². The molecule has 3 aromatic rings. The Morgan fingerprint density at radius 3 is 2.65 bits per heavy atom. The molecule has 1 amide bonds. The highest BCUT2D eigenvalue weighted by Crippen LogP contribution is 2.34. The number of rotatable bonds is 5. The van der Waals surface area contributed by atoms with E-state index in [2.05, 4.69) is 4.90 Å². The SMILES string of the molecule is O=C(Cn1c(CN2CCCCC2)nc2scc(-c3cccs3)c2c1=O)N1CCOCC1. The Morgan fingerprint density at radius 2 is 1.90 bits per heavy atom. The van der Waals surface area contributed by atoms with Gasteiger partial charge in [-0.25, -0.2) is 4.98 Å². The van der Waals surface area contributed by atoms with Gasteiger partial charge in [-0.05, 0) is 37.4 Å². The van der Waals surface area contributed by atoms with E-state index in [9.17, 15) is 9.59 Å². The number of likely N-dealkylation sites (tertiary alicyclic amines) is 1. The minimum Gasteiger partial charge on any atom is -0.378 e. The van der Waals surface area contributed by atoms with Gasteiger partial charge in [0.15, 0.2) is 0 Å². The molecule has 0 atom stereocenters. The molecular weight excluding hydrogens is 432 g/mol. The summed E-state index contributed by atoms with van der Waals surface area (Å²) in [6.45, 7) is 4.90. The van der Waals surface area contributed by atoms with Gasteiger partial charge in [-0.1, -0.05) is 12.5 Å². The first-order valence-electron chi connectivity index (χ1n) is 10.8. The smallest absolute Gasteiger partial charge is 0.263 e. The fourth-order valence-electron chi connectivity index (χ4n) is 4.33. The summed E-state index contributed by atoms with van der Waals surface area (Å²) in [5, 5.41) is 4.66. The van der Waals surface area contributed by atoms with Crippen molar-refractivity contribution in [3.05, 3.63) is 39.1 Å². The van der Waals surface area contributed by atoms with Crippen LogP contribution in [0.4, 0.5) is 0 Å². The third-order valence-corrected chi connectivity index (χ3v) is 7.81. The highest BCUT2D eigenvalue weighted by Gasteiger charge is 2.24. The van der Waals surface area contributed by atoms with Crippen LogP contribution in [0, 0.1) is 0 Å². The quantitative estimate of drug-likeness (QED) is 0.588. The Labute approximate surface area is 188 Å². The normalized spacial score (nSPS) is 18.0. The molecule has 31 heavy (non-hydrogen) atoms. The lowest BCUT2D eigenvalue weighted by Crippen LogP contribution is -2.44. The monoisotopic (exact) mass is 458 g/mol. The van der Waals surface area contributed by atoms with Crippen LogP contribution in [0.1, 0.15) is 25.1 Å². The zero-order chi connectivity index (χ0) is 21.2. The summed E-state index contributed by atoms with van der Waals surface area (Å²) >= 11 is 3.12. The molecule has 3 aromatic heterocycles. The highest BCUT2D eigenvalue weighted by molar-refractivity contribution is 7.18. The van der Waals surface area contributed by atoms with E-state index in [1.54, 1.807) is 20.8 Å². The molecule has 0 bridgehead atoms. The first-order valence-corrected chi connectivity index (χ1v) is 12.6. The predicted octanol–water partition coefficient (Wildman–Crippen LogP) is 3.03. The Hall–Kier alpha value is -2.07. The number of hydrogen-bond donors (Lipinski definition) is 0. The van der Waals surface area contributed by atoms with Crippen LogP contribution in [0.15, 0.2) is 27.7 Å². The van der Waals surface area contributed by atoms with Crippen molar-refractivity contribution in [1.82, 2.24) is 19.4 Å². The van der Waals surface area contributed by atoms with E-state index in [0.717, 1.165) is 28.4 Å². The van der Waals surface area contributed by atoms with Gasteiger partial charge in [-0.15, -0.1) is 22.7 Å². The fourth-order valence-corrected chi connectivity index (χ4v) is 6.10. The second kappa shape index (κ2) is 9.20. The molecule has 0 aliphatic carbocycles. The van der Waals surface area contributed by atoms with Crippen molar-refractivity contribution >= 4 is 38.8 Å². The van der Waals surface area contributed by atoms with E-state index in [-0.39, 0.29) is 18.0 Å². The fraction of sp³-hybridized carbons (Fsp3) is 0.500. The van der Waals surface area contributed by atoms with Gasteiger partial charge in [-0.2, -0.15) is 0 Å². The summed E-state index contributed by atoms with van der Waals surface area (Å²) in [6.07, 6.45) is 3.59. The lowest BCUT2D eigenvalue weighted by Gasteiger charge is -2.29. The van der Waals surface area contributed by atoms with E-state index in [0.29, 0.717) is 44.1 Å². The van der Waals surface area contributed by atoms with Gasteiger partial charge >= 0.3 is 0 Å². The van der Waals surface area contributed by atoms with Crippen molar-refractivity contribution in [3.8, 4) is 10.4 Å². The van der Waals surface area contributed by atoms with Gasteiger partial charge in [0.1, 0.15) is 17.2 Å². The van der Waals surface area contributed by atoms with Gasteiger partial charge < -0.3 is 9.64 Å². The highest BCUT2D eigenvalue weighted by atomic mass is 32.1. The number of piperidine rings is 1. The second-order valence-electron chi connectivity index (χ2n) is 8.06. The van der Waals surface area contributed by atoms with Crippen molar-refractivity contribution in [3.63, 3.8) is 0 Å². The number of fused-ring (bicyclic) bond motifs is 1. The van der Waals surface area contributed by atoms with E-state index in [1.165, 1.54) is 30.6 Å². The van der Waals surface area contributed by atoms with Gasteiger partial charge in [-0.3, -0.25) is 19.1 Å². The lowest BCUT2D eigenvalue weighted by atomic mass is 10.1. The molecule has 2 aliphatic heterocycles. The zero-order valence-corrected chi connectivity index (χ0v) is 19.1. The molecule has 0 saturated carbocycles. The molecule has 9 heteroatoms. The summed E-state index contributed by atoms with van der Waals surface area (Å²) in [4.78, 5) is 37.6. The van der Waals surface area contributed by atoms with Gasteiger partial charge in [0.05, 0.1) is 25.1 Å². The largest absolute Gasteiger partial charge is 0.378 e. The van der Waals surface area contributed by atoms with Crippen molar-refractivity contribution < 1.29 is 9.53 Å².